The van der Waals surface area contributed by atoms with Crippen LogP contribution in [0.5, 0.6) is 17.2 Å². The van der Waals surface area contributed by atoms with Crippen molar-refractivity contribution in [3.8, 4) is 17.2 Å². The van der Waals surface area contributed by atoms with E-state index in [2.05, 4.69) is 24.7 Å². The van der Waals surface area contributed by atoms with E-state index >= 15 is 0 Å². The molecule has 0 aliphatic rings. The SMILES string of the molecule is COc1ccc(/C=C/C(=O)NNC(=O)c2ccc(OCCC(C)C)cc2)cc1OC. The molecule has 0 unspecified atom stereocenters. The summed E-state index contributed by atoms with van der Waals surface area (Å²) in [6, 6.07) is 12.0. The van der Waals surface area contributed by atoms with E-state index < -0.39 is 11.8 Å². The van der Waals surface area contributed by atoms with E-state index in [0.29, 0.717) is 35.3 Å². The Labute approximate surface area is 177 Å². The monoisotopic (exact) mass is 412 g/mol. The Balaban J connectivity index is 1.84. The molecular formula is C23H28N2O5. The Kier molecular flexibility index (Phi) is 8.75. The highest BCUT2D eigenvalue weighted by Gasteiger charge is 2.07. The molecule has 0 aromatic heterocycles. The lowest BCUT2D eigenvalue weighted by atomic mass is 10.1. The predicted octanol–water partition coefficient (Wildman–Crippen LogP) is 3.60. The van der Waals surface area contributed by atoms with Gasteiger partial charge in [0.1, 0.15) is 5.75 Å². The molecule has 0 bridgehead atoms. The van der Waals surface area contributed by atoms with Crippen molar-refractivity contribution in [2.45, 2.75) is 20.3 Å². The van der Waals surface area contributed by atoms with Gasteiger partial charge in [-0.25, -0.2) is 0 Å². The van der Waals surface area contributed by atoms with Gasteiger partial charge < -0.3 is 14.2 Å². The van der Waals surface area contributed by atoms with Crippen LogP contribution in [0.4, 0.5) is 0 Å². The molecule has 7 heteroatoms. The van der Waals surface area contributed by atoms with Gasteiger partial charge in [-0.1, -0.05) is 19.9 Å². The summed E-state index contributed by atoms with van der Waals surface area (Å²) in [4.78, 5) is 24.1. The van der Waals surface area contributed by atoms with Crippen LogP contribution in [0, 0.1) is 5.92 Å². The number of methoxy groups -OCH3 is 2. The summed E-state index contributed by atoms with van der Waals surface area (Å²) in [6.45, 7) is 4.90. The molecule has 160 valence electrons. The lowest BCUT2D eigenvalue weighted by Crippen LogP contribution is -2.40. The Morgan fingerprint density at radius 1 is 0.967 bits per heavy atom. The number of hydrogen-bond donors (Lipinski definition) is 2. The molecule has 30 heavy (non-hydrogen) atoms. The summed E-state index contributed by atoms with van der Waals surface area (Å²) in [5, 5.41) is 0. The van der Waals surface area contributed by atoms with Crippen LogP contribution < -0.4 is 25.1 Å². The second kappa shape index (κ2) is 11.5. The van der Waals surface area contributed by atoms with E-state index in [1.807, 2.05) is 0 Å². The number of carbonyl (C=O) groups excluding carboxylic acids is 2. The number of ether oxygens (including phenoxy) is 3. The van der Waals surface area contributed by atoms with Crippen molar-refractivity contribution in [2.75, 3.05) is 20.8 Å². The van der Waals surface area contributed by atoms with Crippen molar-refractivity contribution in [3.05, 3.63) is 59.7 Å². The molecule has 2 aromatic rings. The van der Waals surface area contributed by atoms with E-state index in [1.165, 1.54) is 13.2 Å². The fraction of sp³-hybridized carbons (Fsp3) is 0.304. The third kappa shape index (κ3) is 7.16. The maximum Gasteiger partial charge on any atom is 0.269 e. The van der Waals surface area contributed by atoms with Crippen LogP contribution in [0.15, 0.2) is 48.5 Å². The number of hydrazine groups is 1. The first-order valence-electron chi connectivity index (χ1n) is 9.66. The summed E-state index contributed by atoms with van der Waals surface area (Å²) in [5.74, 6) is 1.55. The van der Waals surface area contributed by atoms with Crippen LogP contribution in [-0.2, 0) is 4.79 Å². The minimum absolute atomic E-state index is 0.412. The molecule has 2 amide bonds. The number of hydrogen-bond acceptors (Lipinski definition) is 5. The van der Waals surface area contributed by atoms with Crippen LogP contribution >= 0.6 is 0 Å². The van der Waals surface area contributed by atoms with Crippen LogP contribution in [0.3, 0.4) is 0 Å². The van der Waals surface area contributed by atoms with Crippen molar-refractivity contribution in [2.24, 2.45) is 5.92 Å². The summed E-state index contributed by atoms with van der Waals surface area (Å²) < 4.78 is 16.0. The largest absolute Gasteiger partial charge is 0.494 e. The van der Waals surface area contributed by atoms with Gasteiger partial charge in [-0.15, -0.1) is 0 Å². The van der Waals surface area contributed by atoms with E-state index in [-0.39, 0.29) is 0 Å². The van der Waals surface area contributed by atoms with Crippen molar-refractivity contribution in [1.82, 2.24) is 10.9 Å². The van der Waals surface area contributed by atoms with Gasteiger partial charge in [0, 0.05) is 11.6 Å². The maximum atomic E-state index is 12.2. The van der Waals surface area contributed by atoms with Gasteiger partial charge in [0.2, 0.25) is 0 Å². The van der Waals surface area contributed by atoms with Crippen LogP contribution in [0.25, 0.3) is 6.08 Å². The molecule has 2 N–H and O–H groups in total. The number of benzene rings is 2. The average Bonchev–Trinajstić information content (AvgIpc) is 2.76. The third-order valence-electron chi connectivity index (χ3n) is 4.21. The molecule has 0 heterocycles. The molecule has 2 aromatic carbocycles. The molecule has 0 radical (unpaired) electrons. The normalized spacial score (nSPS) is 10.7. The fourth-order valence-corrected chi connectivity index (χ4v) is 2.48. The third-order valence-corrected chi connectivity index (χ3v) is 4.21. The molecule has 0 spiro atoms. The zero-order chi connectivity index (χ0) is 21.9. The van der Waals surface area contributed by atoms with Gasteiger partial charge in [-0.3, -0.25) is 20.4 Å². The number of nitrogens with one attached hydrogen (secondary N) is 2. The minimum atomic E-state index is -0.466. The molecule has 7 nitrogen and oxygen atoms in total. The van der Waals surface area contributed by atoms with Crippen LogP contribution in [-0.4, -0.2) is 32.6 Å². The smallest absolute Gasteiger partial charge is 0.269 e. The number of amides is 2. The summed E-state index contributed by atoms with van der Waals surface area (Å²) in [7, 11) is 3.09. The minimum Gasteiger partial charge on any atom is -0.494 e. The highest BCUT2D eigenvalue weighted by Crippen LogP contribution is 2.27. The fourth-order valence-electron chi connectivity index (χ4n) is 2.48. The second-order valence-corrected chi connectivity index (χ2v) is 6.95. The molecule has 0 aliphatic carbocycles. The standard InChI is InChI=1S/C23H28N2O5/c1-16(2)13-14-30-19-9-7-18(8-10-19)23(27)25-24-22(26)12-6-17-5-11-20(28-3)21(15-17)29-4/h5-12,15-16H,13-14H2,1-4H3,(H,24,26)(H,25,27)/b12-6+. The van der Waals surface area contributed by atoms with E-state index in [4.69, 9.17) is 14.2 Å². The quantitative estimate of drug-likeness (QED) is 0.485. The van der Waals surface area contributed by atoms with Crippen LogP contribution in [0.1, 0.15) is 36.2 Å². The topological polar surface area (TPSA) is 85.9 Å². The highest BCUT2D eigenvalue weighted by atomic mass is 16.5. The highest BCUT2D eigenvalue weighted by molar-refractivity contribution is 5.98. The van der Waals surface area contributed by atoms with Crippen LogP contribution in [0.2, 0.25) is 0 Å². The van der Waals surface area contributed by atoms with Gasteiger partial charge in [-0.2, -0.15) is 0 Å². The van der Waals surface area contributed by atoms with Gasteiger partial charge in [0.25, 0.3) is 11.8 Å². The lowest BCUT2D eigenvalue weighted by molar-refractivity contribution is -0.117. The average molecular weight is 412 g/mol. The Bertz CT molecular complexity index is 876. The maximum absolute atomic E-state index is 12.2. The molecule has 0 aliphatic heterocycles. The predicted molar refractivity (Wildman–Crippen MR) is 116 cm³/mol. The molecule has 0 saturated heterocycles. The first-order valence-corrected chi connectivity index (χ1v) is 9.66. The van der Waals surface area contributed by atoms with Crippen molar-refractivity contribution in [3.63, 3.8) is 0 Å². The summed E-state index contributed by atoms with van der Waals surface area (Å²) in [6.07, 6.45) is 3.88. The molecule has 0 fully saturated rings. The summed E-state index contributed by atoms with van der Waals surface area (Å²) >= 11 is 0. The molecule has 0 saturated carbocycles. The van der Waals surface area contributed by atoms with Crippen molar-refractivity contribution in [1.29, 1.82) is 0 Å². The Morgan fingerprint density at radius 2 is 1.67 bits per heavy atom. The Hall–Kier alpha value is -3.48. The Morgan fingerprint density at radius 3 is 2.30 bits per heavy atom. The second-order valence-electron chi connectivity index (χ2n) is 6.95. The number of carbonyl (C=O) groups is 2. The van der Waals surface area contributed by atoms with Crippen molar-refractivity contribution < 1.29 is 23.8 Å². The van der Waals surface area contributed by atoms with Gasteiger partial charge in [-0.05, 0) is 60.4 Å². The van der Waals surface area contributed by atoms with Crippen molar-refractivity contribution >= 4 is 17.9 Å². The van der Waals surface area contributed by atoms with Gasteiger partial charge >= 0.3 is 0 Å². The lowest BCUT2D eigenvalue weighted by Gasteiger charge is -2.09. The summed E-state index contributed by atoms with van der Waals surface area (Å²) in [5.41, 5.74) is 5.89. The zero-order valence-electron chi connectivity index (χ0n) is 17.7. The molecule has 0 atom stereocenters. The number of rotatable bonds is 9. The van der Waals surface area contributed by atoms with E-state index in [0.717, 1.165) is 12.0 Å². The first-order chi connectivity index (χ1) is 14.4. The first kappa shape index (κ1) is 22.8. The van der Waals surface area contributed by atoms with Gasteiger partial charge in [0.15, 0.2) is 11.5 Å². The molecule has 2 rings (SSSR count). The van der Waals surface area contributed by atoms with Gasteiger partial charge in [0.05, 0.1) is 20.8 Å². The molecular weight excluding hydrogens is 384 g/mol. The van der Waals surface area contributed by atoms with E-state index in [1.54, 1.807) is 55.7 Å². The zero-order valence-corrected chi connectivity index (χ0v) is 17.7. The van der Waals surface area contributed by atoms with E-state index in [9.17, 15) is 9.59 Å².